The Kier molecular flexibility index (Phi) is 7.30. The van der Waals surface area contributed by atoms with Gasteiger partial charge in [-0.25, -0.2) is 16.8 Å². The third-order valence-corrected chi connectivity index (χ3v) is 10.3. The lowest BCUT2D eigenvalue weighted by Gasteiger charge is -2.37. The predicted octanol–water partition coefficient (Wildman–Crippen LogP) is 3.40. The maximum Gasteiger partial charge on any atom is 0.253 e. The lowest BCUT2D eigenvalue weighted by Crippen LogP contribution is -2.46. The van der Waals surface area contributed by atoms with Crippen LogP contribution in [0.1, 0.15) is 24.0 Å². The molecule has 1 aliphatic heterocycles. The van der Waals surface area contributed by atoms with Gasteiger partial charge in [0.15, 0.2) is 9.84 Å². The van der Waals surface area contributed by atoms with Gasteiger partial charge in [-0.15, -0.1) is 11.3 Å². The Morgan fingerprint density at radius 2 is 1.79 bits per heavy atom. The predicted molar refractivity (Wildman–Crippen MR) is 129 cm³/mol. The number of hydrogen-bond donors (Lipinski definition) is 0. The van der Waals surface area contributed by atoms with Crippen LogP contribution in [-0.2, 0) is 33.0 Å². The second kappa shape index (κ2) is 10.0. The van der Waals surface area contributed by atoms with Crippen LogP contribution in [0.3, 0.4) is 0 Å². The Morgan fingerprint density at radius 1 is 1.03 bits per heavy atom. The van der Waals surface area contributed by atoms with Crippen LogP contribution in [0.4, 0.5) is 0 Å². The number of benzene rings is 1. The van der Waals surface area contributed by atoms with Gasteiger partial charge >= 0.3 is 0 Å². The van der Waals surface area contributed by atoms with Gasteiger partial charge in [-0.2, -0.15) is 4.31 Å². The fraction of sp³-hybridized carbons (Fsp3) is 0.348. The highest BCUT2D eigenvalue weighted by Crippen LogP contribution is 2.29. The zero-order chi connectivity index (χ0) is 23.5. The van der Waals surface area contributed by atoms with Gasteiger partial charge in [0.1, 0.15) is 4.21 Å². The normalized spacial score (nSPS) is 16.3. The topological polar surface area (TPSA) is 87.7 Å². The number of nitrogens with zero attached hydrogens (tertiary/aromatic N) is 3. The summed E-state index contributed by atoms with van der Waals surface area (Å²) in [5.41, 5.74) is 1.62. The average Bonchev–Trinajstić information content (AvgIpc) is 3.35. The van der Waals surface area contributed by atoms with E-state index in [1.807, 2.05) is 24.3 Å². The number of rotatable bonds is 8. The fourth-order valence-electron chi connectivity index (χ4n) is 4.21. The van der Waals surface area contributed by atoms with Crippen molar-refractivity contribution in [1.82, 2.24) is 14.2 Å². The van der Waals surface area contributed by atoms with Gasteiger partial charge in [0.05, 0.1) is 4.90 Å². The first-order valence-electron chi connectivity index (χ1n) is 10.7. The molecule has 1 saturated heterocycles. The summed E-state index contributed by atoms with van der Waals surface area (Å²) in [5, 5.41) is 1.77. The monoisotopic (exact) mass is 505 g/mol. The van der Waals surface area contributed by atoms with Gasteiger partial charge < -0.3 is 0 Å². The van der Waals surface area contributed by atoms with Crippen LogP contribution in [-0.4, -0.2) is 56.4 Å². The molecule has 4 rings (SSSR count). The van der Waals surface area contributed by atoms with Crippen LogP contribution in [0.5, 0.6) is 0 Å². The molecule has 2 aromatic heterocycles. The number of aromatic nitrogens is 1. The minimum Gasteiger partial charge on any atom is -0.299 e. The summed E-state index contributed by atoms with van der Waals surface area (Å²) in [7, 11) is -6.94. The van der Waals surface area contributed by atoms with E-state index in [0.29, 0.717) is 41.6 Å². The maximum absolute atomic E-state index is 13.5. The number of pyridine rings is 1. The van der Waals surface area contributed by atoms with Crippen molar-refractivity contribution in [3.8, 4) is 0 Å². The van der Waals surface area contributed by atoms with E-state index >= 15 is 0 Å². The molecule has 0 unspecified atom stereocenters. The Morgan fingerprint density at radius 3 is 2.42 bits per heavy atom. The van der Waals surface area contributed by atoms with Crippen molar-refractivity contribution in [1.29, 1.82) is 0 Å². The molecular formula is C23H27N3O4S3. The van der Waals surface area contributed by atoms with Crippen molar-refractivity contribution in [3.05, 3.63) is 77.4 Å². The zero-order valence-corrected chi connectivity index (χ0v) is 20.8. The highest BCUT2D eigenvalue weighted by molar-refractivity contribution is 7.91. The molecule has 1 aromatic carbocycles. The molecule has 0 spiro atoms. The van der Waals surface area contributed by atoms with Crippen LogP contribution in [0, 0.1) is 0 Å². The van der Waals surface area contributed by atoms with Crippen molar-refractivity contribution in [2.75, 3.05) is 19.3 Å². The van der Waals surface area contributed by atoms with Gasteiger partial charge in [-0.3, -0.25) is 9.88 Å². The van der Waals surface area contributed by atoms with E-state index in [2.05, 4.69) is 9.88 Å². The van der Waals surface area contributed by atoms with Gasteiger partial charge in [0.25, 0.3) is 10.0 Å². The van der Waals surface area contributed by atoms with Crippen LogP contribution >= 0.6 is 11.3 Å². The molecule has 0 amide bonds. The molecule has 3 heterocycles. The van der Waals surface area contributed by atoms with E-state index in [1.165, 1.54) is 17.6 Å². The number of hydrogen-bond acceptors (Lipinski definition) is 7. The third kappa shape index (κ3) is 5.70. The van der Waals surface area contributed by atoms with E-state index in [1.54, 1.807) is 46.3 Å². The first kappa shape index (κ1) is 24.0. The van der Waals surface area contributed by atoms with Crippen LogP contribution in [0.2, 0.25) is 0 Å². The van der Waals surface area contributed by atoms with Gasteiger partial charge in [-0.1, -0.05) is 30.3 Å². The minimum atomic E-state index is -3.63. The maximum atomic E-state index is 13.5. The summed E-state index contributed by atoms with van der Waals surface area (Å²) >= 11 is 1.23. The summed E-state index contributed by atoms with van der Waals surface area (Å²) in [6, 6.07) is 14.0. The summed E-state index contributed by atoms with van der Waals surface area (Å²) in [6.07, 6.45) is 5.95. The quantitative estimate of drug-likeness (QED) is 0.466. The standard InChI is InChI=1S/C23H27N3O4S3/c1-32(27,28)22-8-3-2-7-20(22)18-25-13-10-21(11-14-25)26(17-19-6-4-12-24-16-19)33(29,30)23-9-5-15-31-23/h2-9,12,15-16,21H,10-11,13-14,17-18H2,1H3. The van der Waals surface area contributed by atoms with Crippen molar-refractivity contribution < 1.29 is 16.8 Å². The highest BCUT2D eigenvalue weighted by Gasteiger charge is 2.34. The Balaban J connectivity index is 1.51. The van der Waals surface area contributed by atoms with Crippen LogP contribution < -0.4 is 0 Å². The number of thiophene rings is 1. The lowest BCUT2D eigenvalue weighted by molar-refractivity contribution is 0.150. The molecule has 7 nitrogen and oxygen atoms in total. The molecule has 0 aliphatic carbocycles. The summed E-state index contributed by atoms with van der Waals surface area (Å²) in [4.78, 5) is 6.69. The van der Waals surface area contributed by atoms with Gasteiger partial charge in [0.2, 0.25) is 0 Å². The van der Waals surface area contributed by atoms with E-state index in [0.717, 1.165) is 11.1 Å². The van der Waals surface area contributed by atoms with E-state index in [9.17, 15) is 16.8 Å². The van der Waals surface area contributed by atoms with Crippen molar-refractivity contribution in [3.63, 3.8) is 0 Å². The number of sulfonamides is 1. The highest BCUT2D eigenvalue weighted by atomic mass is 32.2. The van der Waals surface area contributed by atoms with Crippen molar-refractivity contribution in [2.24, 2.45) is 0 Å². The average molecular weight is 506 g/mol. The largest absolute Gasteiger partial charge is 0.299 e. The van der Waals surface area contributed by atoms with Crippen molar-refractivity contribution in [2.45, 2.75) is 41.1 Å². The van der Waals surface area contributed by atoms with Crippen LogP contribution in [0.15, 0.2) is 75.4 Å². The van der Waals surface area contributed by atoms with Crippen LogP contribution in [0.25, 0.3) is 0 Å². The van der Waals surface area contributed by atoms with Gasteiger partial charge in [-0.05, 0) is 47.5 Å². The first-order valence-corrected chi connectivity index (χ1v) is 14.9. The summed E-state index contributed by atoms with van der Waals surface area (Å²) < 4.78 is 53.1. The molecule has 176 valence electrons. The molecule has 0 N–H and O–H groups in total. The van der Waals surface area contributed by atoms with E-state index in [-0.39, 0.29) is 12.6 Å². The molecule has 0 bridgehead atoms. The second-order valence-electron chi connectivity index (χ2n) is 8.23. The van der Waals surface area contributed by atoms with E-state index < -0.39 is 19.9 Å². The molecule has 33 heavy (non-hydrogen) atoms. The third-order valence-electron chi connectivity index (χ3n) is 5.85. The first-order chi connectivity index (χ1) is 15.7. The summed E-state index contributed by atoms with van der Waals surface area (Å²) in [5.74, 6) is 0. The zero-order valence-electron chi connectivity index (χ0n) is 18.4. The molecule has 0 atom stereocenters. The second-order valence-corrected chi connectivity index (χ2v) is 13.3. The minimum absolute atomic E-state index is 0.140. The number of sulfone groups is 1. The smallest absolute Gasteiger partial charge is 0.253 e. The summed E-state index contributed by atoms with van der Waals surface area (Å²) in [6.45, 7) is 2.17. The number of likely N-dealkylation sites (tertiary alicyclic amines) is 1. The molecule has 3 aromatic rings. The SMILES string of the molecule is CS(=O)(=O)c1ccccc1CN1CCC(N(Cc2cccnc2)S(=O)(=O)c2cccs2)CC1. The molecule has 0 saturated carbocycles. The van der Waals surface area contributed by atoms with E-state index in [4.69, 9.17) is 0 Å². The Bertz CT molecular complexity index is 1270. The van der Waals surface area contributed by atoms with Gasteiger partial charge in [0, 0.05) is 50.9 Å². The Hall–Kier alpha value is -2.11. The molecule has 10 heteroatoms. The molecule has 1 aliphatic rings. The Labute approximate surface area is 199 Å². The molecule has 0 radical (unpaired) electrons. The molecule has 1 fully saturated rings. The lowest BCUT2D eigenvalue weighted by atomic mass is 10.0. The molecular weight excluding hydrogens is 478 g/mol. The number of piperidine rings is 1. The van der Waals surface area contributed by atoms with Crippen molar-refractivity contribution >= 4 is 31.2 Å². The fourth-order valence-corrected chi connectivity index (χ4v) is 7.94.